The van der Waals surface area contributed by atoms with Crippen LogP contribution < -0.4 is 9.64 Å². The molecule has 0 bridgehead atoms. The normalized spacial score (nSPS) is 15.0. The van der Waals surface area contributed by atoms with Crippen molar-refractivity contribution in [3.63, 3.8) is 0 Å². The van der Waals surface area contributed by atoms with Crippen LogP contribution in [0.2, 0.25) is 0 Å². The second kappa shape index (κ2) is 7.51. The molecule has 3 aromatic rings. The van der Waals surface area contributed by atoms with Crippen molar-refractivity contribution in [3.05, 3.63) is 59.7 Å². The number of hydrogen-bond donors (Lipinski definition) is 1. The molecule has 146 valence electrons. The van der Waals surface area contributed by atoms with Gasteiger partial charge in [-0.3, -0.25) is 9.69 Å². The molecule has 0 spiro atoms. The van der Waals surface area contributed by atoms with E-state index in [0.29, 0.717) is 27.7 Å². The van der Waals surface area contributed by atoms with Crippen molar-refractivity contribution < 1.29 is 19.4 Å². The predicted octanol–water partition coefficient (Wildman–Crippen LogP) is 3.40. The highest BCUT2D eigenvalue weighted by Gasteiger charge is 2.34. The first-order chi connectivity index (χ1) is 14.0. The number of nitrogens with zero attached hydrogens (tertiary/aromatic N) is 4. The maximum Gasteiger partial charge on any atom is 0.335 e. The fourth-order valence-corrected chi connectivity index (χ4v) is 3.44. The number of carboxylic acid groups (broad SMARTS) is 1. The Labute approximate surface area is 170 Å². The Morgan fingerprint density at radius 1 is 1.10 bits per heavy atom. The molecule has 0 radical (unpaired) electrons. The van der Waals surface area contributed by atoms with Gasteiger partial charge in [0.1, 0.15) is 0 Å². The molecule has 1 amide bonds. The molecule has 0 unspecified atom stereocenters. The van der Waals surface area contributed by atoms with Crippen molar-refractivity contribution in [3.8, 4) is 17.1 Å². The van der Waals surface area contributed by atoms with E-state index in [0.717, 1.165) is 0 Å². The third-order valence-electron chi connectivity index (χ3n) is 4.48. The summed E-state index contributed by atoms with van der Waals surface area (Å²) in [6.45, 7) is 1.45. The van der Waals surface area contributed by atoms with Crippen LogP contribution in [0.5, 0.6) is 5.88 Å². The molecule has 8 nitrogen and oxygen atoms in total. The lowest BCUT2D eigenvalue weighted by molar-refractivity contribution is -0.118. The molecule has 0 fully saturated rings. The van der Waals surface area contributed by atoms with Gasteiger partial charge in [-0.25, -0.2) is 4.79 Å². The van der Waals surface area contributed by atoms with E-state index in [2.05, 4.69) is 15.2 Å². The van der Waals surface area contributed by atoms with E-state index in [1.54, 1.807) is 18.2 Å². The standard InChI is InChI=1S/C20H16N4O4S/c1-11(25)24-15-6-4-3-5-14(15)16-17(21-20(29-2)23-22-16)28-18(24)12-7-9-13(10-8-12)19(26)27/h3-10,18H,1-2H3,(H,26,27)/t18-/m0/s1. The number of fused-ring (bicyclic) bond motifs is 3. The first-order valence-electron chi connectivity index (χ1n) is 8.67. The average molecular weight is 408 g/mol. The van der Waals surface area contributed by atoms with Crippen molar-refractivity contribution in [2.24, 2.45) is 0 Å². The van der Waals surface area contributed by atoms with Gasteiger partial charge in [-0.2, -0.15) is 4.98 Å². The van der Waals surface area contributed by atoms with Crippen molar-refractivity contribution in [1.82, 2.24) is 15.2 Å². The Balaban J connectivity index is 1.92. The molecule has 1 aromatic heterocycles. The SMILES string of the molecule is CSc1nnc2c(n1)O[C@@H](c1ccc(C(=O)O)cc1)N(C(C)=O)c1ccccc1-2. The molecule has 9 heteroatoms. The zero-order valence-electron chi connectivity index (χ0n) is 15.6. The third kappa shape index (κ3) is 3.40. The zero-order valence-corrected chi connectivity index (χ0v) is 16.4. The Morgan fingerprint density at radius 3 is 2.48 bits per heavy atom. The van der Waals surface area contributed by atoms with Crippen molar-refractivity contribution in [1.29, 1.82) is 0 Å². The summed E-state index contributed by atoms with van der Waals surface area (Å²) in [6, 6.07) is 13.5. The molecule has 29 heavy (non-hydrogen) atoms. The van der Waals surface area contributed by atoms with Gasteiger partial charge in [-0.15, -0.1) is 10.2 Å². The number of para-hydroxylation sites is 1. The predicted molar refractivity (Wildman–Crippen MR) is 107 cm³/mol. The summed E-state index contributed by atoms with van der Waals surface area (Å²) in [4.78, 5) is 29.8. The van der Waals surface area contributed by atoms with Gasteiger partial charge in [0.15, 0.2) is 5.69 Å². The molecule has 0 saturated carbocycles. The van der Waals surface area contributed by atoms with Crippen LogP contribution in [0, 0.1) is 0 Å². The lowest BCUT2D eigenvalue weighted by Crippen LogP contribution is -2.36. The highest BCUT2D eigenvalue weighted by molar-refractivity contribution is 7.98. The minimum absolute atomic E-state index is 0.145. The molecular weight excluding hydrogens is 392 g/mol. The van der Waals surface area contributed by atoms with Gasteiger partial charge in [-0.05, 0) is 24.5 Å². The number of aromatic carboxylic acids is 1. The number of rotatable bonds is 3. The smallest absolute Gasteiger partial charge is 0.335 e. The van der Waals surface area contributed by atoms with Crippen molar-refractivity contribution in [2.45, 2.75) is 18.3 Å². The van der Waals surface area contributed by atoms with Gasteiger partial charge < -0.3 is 9.84 Å². The van der Waals surface area contributed by atoms with E-state index >= 15 is 0 Å². The van der Waals surface area contributed by atoms with Gasteiger partial charge in [0.25, 0.3) is 0 Å². The summed E-state index contributed by atoms with van der Waals surface area (Å²) in [7, 11) is 0. The number of ether oxygens (including phenoxy) is 1. The fourth-order valence-electron chi connectivity index (χ4n) is 3.15. The Kier molecular flexibility index (Phi) is 4.89. The number of amides is 1. The number of thioether (sulfide) groups is 1. The molecule has 2 aromatic carbocycles. The lowest BCUT2D eigenvalue weighted by Gasteiger charge is -2.29. The van der Waals surface area contributed by atoms with Crippen LogP contribution in [0.1, 0.15) is 29.1 Å². The summed E-state index contributed by atoms with van der Waals surface area (Å²) >= 11 is 1.33. The third-order valence-corrected chi connectivity index (χ3v) is 5.01. The quantitative estimate of drug-likeness (QED) is 0.658. The molecule has 1 aliphatic heterocycles. The molecule has 1 N–H and O–H groups in total. The first kappa shape index (κ1) is 18.9. The first-order valence-corrected chi connectivity index (χ1v) is 9.90. The van der Waals surface area contributed by atoms with Gasteiger partial charge >= 0.3 is 5.97 Å². The van der Waals surface area contributed by atoms with Crippen LogP contribution >= 0.6 is 11.8 Å². The maximum absolute atomic E-state index is 12.6. The van der Waals surface area contributed by atoms with Gasteiger partial charge in [-0.1, -0.05) is 42.1 Å². The Hall–Kier alpha value is -3.46. The van der Waals surface area contributed by atoms with Crippen LogP contribution in [-0.2, 0) is 4.79 Å². The summed E-state index contributed by atoms with van der Waals surface area (Å²) in [6.07, 6.45) is 0.988. The number of anilines is 1. The largest absolute Gasteiger partial charge is 0.478 e. The molecule has 4 rings (SSSR count). The molecule has 0 aliphatic carbocycles. The molecular formula is C20H16N4O4S. The van der Waals surface area contributed by atoms with Crippen molar-refractivity contribution >= 4 is 29.3 Å². The Bertz CT molecular complexity index is 1100. The summed E-state index contributed by atoms with van der Waals surface area (Å²) < 4.78 is 6.17. The van der Waals surface area contributed by atoms with Crippen LogP contribution in [-0.4, -0.2) is 38.4 Å². The van der Waals surface area contributed by atoms with Crippen LogP contribution in [0.3, 0.4) is 0 Å². The number of carbonyl (C=O) groups excluding carboxylic acids is 1. The minimum Gasteiger partial charge on any atom is -0.478 e. The topological polar surface area (TPSA) is 106 Å². The summed E-state index contributed by atoms with van der Waals surface area (Å²) in [5.41, 5.74) is 2.48. The monoisotopic (exact) mass is 408 g/mol. The second-order valence-corrected chi connectivity index (χ2v) is 7.03. The summed E-state index contributed by atoms with van der Waals surface area (Å²) in [5, 5.41) is 18.0. The molecule has 1 aliphatic rings. The maximum atomic E-state index is 12.6. The fraction of sp³-hybridized carbons (Fsp3) is 0.150. The van der Waals surface area contributed by atoms with E-state index in [-0.39, 0.29) is 17.4 Å². The number of aromatic nitrogens is 3. The van der Waals surface area contributed by atoms with E-state index < -0.39 is 12.2 Å². The number of benzene rings is 2. The van der Waals surface area contributed by atoms with Crippen molar-refractivity contribution in [2.75, 3.05) is 11.2 Å². The van der Waals surface area contributed by atoms with Gasteiger partial charge in [0, 0.05) is 18.1 Å². The van der Waals surface area contributed by atoms with Gasteiger partial charge in [0.2, 0.25) is 23.2 Å². The van der Waals surface area contributed by atoms with E-state index in [9.17, 15) is 9.59 Å². The zero-order chi connectivity index (χ0) is 20.5. The Morgan fingerprint density at radius 2 is 1.83 bits per heavy atom. The lowest BCUT2D eigenvalue weighted by atomic mass is 10.1. The molecule has 1 atom stereocenters. The number of carbonyl (C=O) groups is 2. The van der Waals surface area contributed by atoms with E-state index in [4.69, 9.17) is 9.84 Å². The minimum atomic E-state index is -1.03. The van der Waals surface area contributed by atoms with Crippen LogP contribution in [0.25, 0.3) is 11.3 Å². The van der Waals surface area contributed by atoms with E-state index in [1.807, 2.05) is 24.5 Å². The highest BCUT2D eigenvalue weighted by Crippen LogP contribution is 2.43. The molecule has 2 heterocycles. The van der Waals surface area contributed by atoms with Crippen LogP contribution in [0.4, 0.5) is 5.69 Å². The average Bonchev–Trinajstić information content (AvgIpc) is 2.87. The van der Waals surface area contributed by atoms with Gasteiger partial charge in [0.05, 0.1) is 11.3 Å². The molecule has 0 saturated heterocycles. The van der Waals surface area contributed by atoms with E-state index in [1.165, 1.54) is 35.7 Å². The highest BCUT2D eigenvalue weighted by atomic mass is 32.2. The summed E-state index contributed by atoms with van der Waals surface area (Å²) in [5.74, 6) is -1.01. The number of carboxylic acids is 1. The number of hydrogen-bond acceptors (Lipinski definition) is 7. The van der Waals surface area contributed by atoms with Crippen LogP contribution in [0.15, 0.2) is 53.7 Å². The second-order valence-electron chi connectivity index (χ2n) is 6.26.